The Kier molecular flexibility index (Phi) is 8.10. The monoisotopic (exact) mass is 296 g/mol. The van der Waals surface area contributed by atoms with E-state index in [0.717, 1.165) is 19.1 Å². The molecule has 1 saturated heterocycles. The van der Waals surface area contributed by atoms with Crippen LogP contribution < -0.4 is 0 Å². The highest BCUT2D eigenvalue weighted by molar-refractivity contribution is 4.76. The lowest BCUT2D eigenvalue weighted by atomic mass is 9.79. The molecule has 2 fully saturated rings. The third-order valence-electron chi connectivity index (χ3n) is 5.56. The summed E-state index contributed by atoms with van der Waals surface area (Å²) >= 11 is 0. The standard InChI is InChI=1S/C19H36O2/c1-3-5-6-7-8-9-17-10-12-18(13-11-17)19-20-14-16(4-2)15-21-19/h16-19H,3-15H2,1-2H3. The van der Waals surface area contributed by atoms with Gasteiger partial charge in [-0.3, -0.25) is 0 Å². The van der Waals surface area contributed by atoms with E-state index in [-0.39, 0.29) is 6.29 Å². The number of unbranched alkanes of at least 4 members (excludes halogenated alkanes) is 4. The van der Waals surface area contributed by atoms with Crippen molar-refractivity contribution >= 4 is 0 Å². The molecule has 1 heterocycles. The summed E-state index contributed by atoms with van der Waals surface area (Å²) in [5, 5.41) is 0. The van der Waals surface area contributed by atoms with Gasteiger partial charge in [-0.15, -0.1) is 0 Å². The van der Waals surface area contributed by atoms with Gasteiger partial charge in [0.25, 0.3) is 0 Å². The molecule has 0 aromatic carbocycles. The van der Waals surface area contributed by atoms with Gasteiger partial charge in [-0.25, -0.2) is 0 Å². The molecule has 2 nitrogen and oxygen atoms in total. The molecule has 2 heteroatoms. The van der Waals surface area contributed by atoms with Gasteiger partial charge >= 0.3 is 0 Å². The highest BCUT2D eigenvalue weighted by Gasteiger charge is 2.31. The van der Waals surface area contributed by atoms with Crippen LogP contribution in [0.3, 0.4) is 0 Å². The van der Waals surface area contributed by atoms with Crippen LogP contribution in [0, 0.1) is 17.8 Å². The Hall–Kier alpha value is -0.0800. The van der Waals surface area contributed by atoms with Crippen molar-refractivity contribution in [1.82, 2.24) is 0 Å². The second-order valence-corrected chi connectivity index (χ2v) is 7.29. The third-order valence-corrected chi connectivity index (χ3v) is 5.56. The zero-order valence-corrected chi connectivity index (χ0v) is 14.3. The minimum Gasteiger partial charge on any atom is -0.352 e. The summed E-state index contributed by atoms with van der Waals surface area (Å²) in [5.41, 5.74) is 0. The molecule has 1 aliphatic carbocycles. The maximum Gasteiger partial charge on any atom is 0.160 e. The van der Waals surface area contributed by atoms with Crippen LogP contribution in [-0.4, -0.2) is 19.5 Å². The van der Waals surface area contributed by atoms with Gasteiger partial charge in [0.2, 0.25) is 0 Å². The molecular weight excluding hydrogens is 260 g/mol. The predicted molar refractivity (Wildman–Crippen MR) is 88.3 cm³/mol. The van der Waals surface area contributed by atoms with Crippen LogP contribution in [0.2, 0.25) is 0 Å². The molecule has 0 aromatic rings. The SMILES string of the molecule is CCCCCCCC1CCC(C2OCC(CC)CO2)CC1. The molecule has 1 saturated carbocycles. The van der Waals surface area contributed by atoms with E-state index < -0.39 is 0 Å². The Balaban J connectivity index is 1.56. The predicted octanol–water partition coefficient (Wildman–Crippen LogP) is 5.55. The van der Waals surface area contributed by atoms with Gasteiger partial charge in [0.05, 0.1) is 13.2 Å². The minimum atomic E-state index is 0.110. The molecule has 2 rings (SSSR count). The highest BCUT2D eigenvalue weighted by atomic mass is 16.7. The van der Waals surface area contributed by atoms with E-state index in [1.54, 1.807) is 0 Å². The molecule has 0 radical (unpaired) electrons. The van der Waals surface area contributed by atoms with Crippen molar-refractivity contribution in [1.29, 1.82) is 0 Å². The van der Waals surface area contributed by atoms with Crippen molar-refractivity contribution < 1.29 is 9.47 Å². The van der Waals surface area contributed by atoms with Gasteiger partial charge in [0.1, 0.15) is 0 Å². The van der Waals surface area contributed by atoms with Crippen molar-refractivity contribution in [3.63, 3.8) is 0 Å². The summed E-state index contributed by atoms with van der Waals surface area (Å²) in [5.74, 6) is 2.27. The largest absolute Gasteiger partial charge is 0.352 e. The van der Waals surface area contributed by atoms with Crippen LogP contribution in [0.15, 0.2) is 0 Å². The zero-order valence-electron chi connectivity index (χ0n) is 14.3. The topological polar surface area (TPSA) is 18.5 Å². The van der Waals surface area contributed by atoms with Crippen molar-refractivity contribution in [2.24, 2.45) is 17.8 Å². The fourth-order valence-electron chi connectivity index (χ4n) is 3.85. The van der Waals surface area contributed by atoms with Gasteiger partial charge < -0.3 is 9.47 Å². The second-order valence-electron chi connectivity index (χ2n) is 7.29. The van der Waals surface area contributed by atoms with Crippen molar-refractivity contribution in [2.75, 3.05) is 13.2 Å². The second kappa shape index (κ2) is 9.84. The smallest absolute Gasteiger partial charge is 0.160 e. The Bertz CT molecular complexity index is 250. The molecule has 1 aliphatic heterocycles. The summed E-state index contributed by atoms with van der Waals surface area (Å²) < 4.78 is 11.9. The summed E-state index contributed by atoms with van der Waals surface area (Å²) in [6.45, 7) is 6.35. The van der Waals surface area contributed by atoms with Crippen molar-refractivity contribution in [3.05, 3.63) is 0 Å². The minimum absolute atomic E-state index is 0.110. The first-order chi connectivity index (χ1) is 10.3. The molecule has 0 spiro atoms. The average Bonchev–Trinajstić information content (AvgIpc) is 2.55. The third kappa shape index (κ3) is 5.90. The summed E-state index contributed by atoms with van der Waals surface area (Å²) in [7, 11) is 0. The Morgan fingerprint density at radius 1 is 0.762 bits per heavy atom. The molecule has 2 aliphatic rings. The van der Waals surface area contributed by atoms with Crippen molar-refractivity contribution in [2.45, 2.75) is 90.8 Å². The zero-order chi connectivity index (χ0) is 14.9. The number of ether oxygens (including phenoxy) is 2. The van der Waals surface area contributed by atoms with E-state index in [2.05, 4.69) is 13.8 Å². The van der Waals surface area contributed by atoms with E-state index >= 15 is 0 Å². The Labute approximate surface area is 132 Å². The molecule has 0 aromatic heterocycles. The fourth-order valence-corrected chi connectivity index (χ4v) is 3.85. The number of rotatable bonds is 8. The molecule has 0 atom stereocenters. The lowest BCUT2D eigenvalue weighted by molar-refractivity contribution is -0.229. The molecule has 0 unspecified atom stereocenters. The normalized spacial score (nSPS) is 34.0. The molecule has 0 amide bonds. The lowest BCUT2D eigenvalue weighted by Crippen LogP contribution is -2.38. The van der Waals surface area contributed by atoms with Gasteiger partial charge in [0.15, 0.2) is 6.29 Å². The van der Waals surface area contributed by atoms with Crippen LogP contribution >= 0.6 is 0 Å². The quantitative estimate of drug-likeness (QED) is 0.546. The van der Waals surface area contributed by atoms with Gasteiger partial charge in [0, 0.05) is 11.8 Å². The molecule has 0 N–H and O–H groups in total. The van der Waals surface area contributed by atoms with Crippen LogP contribution in [0.5, 0.6) is 0 Å². The summed E-state index contributed by atoms with van der Waals surface area (Å²) in [4.78, 5) is 0. The lowest BCUT2D eigenvalue weighted by Gasteiger charge is -2.37. The average molecular weight is 296 g/mol. The van der Waals surface area contributed by atoms with E-state index in [4.69, 9.17) is 9.47 Å². The van der Waals surface area contributed by atoms with Crippen LogP contribution in [0.25, 0.3) is 0 Å². The summed E-state index contributed by atoms with van der Waals surface area (Å²) in [6.07, 6.45) is 15.3. The van der Waals surface area contributed by atoms with Gasteiger partial charge in [-0.05, 0) is 38.0 Å². The molecular formula is C19H36O2. The first-order valence-corrected chi connectivity index (χ1v) is 9.56. The van der Waals surface area contributed by atoms with Crippen LogP contribution in [0.4, 0.5) is 0 Å². The summed E-state index contributed by atoms with van der Waals surface area (Å²) in [6, 6.07) is 0. The van der Waals surface area contributed by atoms with E-state index in [1.165, 1.54) is 70.6 Å². The number of hydrogen-bond acceptors (Lipinski definition) is 2. The maximum atomic E-state index is 5.96. The Morgan fingerprint density at radius 2 is 1.43 bits per heavy atom. The van der Waals surface area contributed by atoms with Crippen LogP contribution in [-0.2, 0) is 9.47 Å². The number of hydrogen-bond donors (Lipinski definition) is 0. The molecule has 21 heavy (non-hydrogen) atoms. The van der Waals surface area contributed by atoms with Gasteiger partial charge in [-0.1, -0.05) is 52.4 Å². The first-order valence-electron chi connectivity index (χ1n) is 9.56. The van der Waals surface area contributed by atoms with Gasteiger partial charge in [-0.2, -0.15) is 0 Å². The highest BCUT2D eigenvalue weighted by Crippen LogP contribution is 2.36. The van der Waals surface area contributed by atoms with E-state index in [9.17, 15) is 0 Å². The van der Waals surface area contributed by atoms with E-state index in [1.807, 2.05) is 0 Å². The maximum absolute atomic E-state index is 5.96. The first kappa shape index (κ1) is 17.3. The molecule has 124 valence electrons. The fraction of sp³-hybridized carbons (Fsp3) is 1.00. The molecule has 0 bridgehead atoms. The Morgan fingerprint density at radius 3 is 2.05 bits per heavy atom. The van der Waals surface area contributed by atoms with Crippen LogP contribution in [0.1, 0.15) is 84.5 Å². The van der Waals surface area contributed by atoms with E-state index in [0.29, 0.717) is 11.8 Å². The van der Waals surface area contributed by atoms with Crippen molar-refractivity contribution in [3.8, 4) is 0 Å².